The number of aliphatic hydroxyl groups excluding tert-OH is 1. The molecule has 0 bridgehead atoms. The number of carbonyl (C=O) groups excluding carboxylic acids is 2. The van der Waals surface area contributed by atoms with E-state index < -0.39 is 36.0 Å². The van der Waals surface area contributed by atoms with Crippen LogP contribution in [0.2, 0.25) is 0 Å². The summed E-state index contributed by atoms with van der Waals surface area (Å²) in [6, 6.07) is 8.58. The first-order valence-electron chi connectivity index (χ1n) is 8.80. The topological polar surface area (TPSA) is 88.1 Å². The summed E-state index contributed by atoms with van der Waals surface area (Å²) in [5, 5.41) is 13.0. The number of nitrogens with zero attached hydrogens (tertiary/aromatic N) is 1. The van der Waals surface area contributed by atoms with E-state index in [-0.39, 0.29) is 13.2 Å². The second-order valence-electron chi connectivity index (χ2n) is 7.58. The molecule has 0 aromatic heterocycles. The van der Waals surface area contributed by atoms with E-state index in [0.717, 1.165) is 5.56 Å². The van der Waals surface area contributed by atoms with Crippen molar-refractivity contribution in [2.75, 3.05) is 6.54 Å². The molecule has 1 saturated heterocycles. The van der Waals surface area contributed by atoms with Gasteiger partial charge in [0.1, 0.15) is 12.2 Å². The average molecular weight is 364 g/mol. The van der Waals surface area contributed by atoms with Crippen molar-refractivity contribution in [2.24, 2.45) is 0 Å². The standard InChI is InChI=1S/C19H28N2O5/c1-13-16(22)10-15(20-17(23)26-19(2,3)4)11-21(13)18(24)25-12-14-8-6-5-7-9-14/h5-9,13,15-16,22H,10-12H2,1-4H3,(H,20,23)/t13-,15?,16?/m1/s1. The number of hydrogen-bond acceptors (Lipinski definition) is 5. The fourth-order valence-electron chi connectivity index (χ4n) is 2.80. The fraction of sp³-hybridized carbons (Fsp3) is 0.579. The van der Waals surface area contributed by atoms with E-state index in [1.165, 1.54) is 4.90 Å². The third-order valence-corrected chi connectivity index (χ3v) is 4.15. The number of carbonyl (C=O) groups is 2. The van der Waals surface area contributed by atoms with Crippen LogP contribution in [0.3, 0.4) is 0 Å². The number of benzene rings is 1. The van der Waals surface area contributed by atoms with Crippen molar-refractivity contribution in [3.8, 4) is 0 Å². The van der Waals surface area contributed by atoms with Crippen LogP contribution in [0.15, 0.2) is 30.3 Å². The molecule has 144 valence electrons. The van der Waals surface area contributed by atoms with E-state index >= 15 is 0 Å². The van der Waals surface area contributed by atoms with Gasteiger partial charge in [-0.1, -0.05) is 30.3 Å². The maximum absolute atomic E-state index is 12.4. The molecule has 3 atom stereocenters. The minimum Gasteiger partial charge on any atom is -0.445 e. The summed E-state index contributed by atoms with van der Waals surface area (Å²) < 4.78 is 10.6. The van der Waals surface area contributed by atoms with Crippen molar-refractivity contribution in [3.63, 3.8) is 0 Å². The first-order valence-corrected chi connectivity index (χ1v) is 8.80. The Hall–Kier alpha value is -2.28. The fourth-order valence-corrected chi connectivity index (χ4v) is 2.80. The van der Waals surface area contributed by atoms with Crippen molar-refractivity contribution in [2.45, 2.75) is 64.5 Å². The number of alkyl carbamates (subject to hydrolysis) is 1. The molecule has 0 spiro atoms. The molecule has 2 N–H and O–H groups in total. The Morgan fingerprint density at radius 2 is 1.92 bits per heavy atom. The predicted molar refractivity (Wildman–Crippen MR) is 96.6 cm³/mol. The quantitative estimate of drug-likeness (QED) is 0.861. The predicted octanol–water partition coefficient (Wildman–Crippen LogP) is 2.67. The number of ether oxygens (including phenoxy) is 2. The van der Waals surface area contributed by atoms with Gasteiger partial charge in [0.15, 0.2) is 0 Å². The second-order valence-corrected chi connectivity index (χ2v) is 7.58. The molecule has 1 aromatic carbocycles. The lowest BCUT2D eigenvalue weighted by atomic mass is 9.97. The lowest BCUT2D eigenvalue weighted by Gasteiger charge is -2.40. The minimum absolute atomic E-state index is 0.156. The highest BCUT2D eigenvalue weighted by Gasteiger charge is 2.37. The Kier molecular flexibility index (Phi) is 6.47. The molecule has 7 heteroatoms. The summed E-state index contributed by atoms with van der Waals surface area (Å²) in [5.74, 6) is 0. The number of likely N-dealkylation sites (tertiary alicyclic amines) is 1. The Balaban J connectivity index is 1.93. The number of piperidine rings is 1. The number of rotatable bonds is 3. The van der Waals surface area contributed by atoms with E-state index in [4.69, 9.17) is 9.47 Å². The molecule has 2 rings (SSSR count). The molecule has 1 fully saturated rings. The van der Waals surface area contributed by atoms with Crippen LogP contribution in [0.4, 0.5) is 9.59 Å². The molecule has 1 aliphatic rings. The Labute approximate surface area is 154 Å². The molecule has 0 aliphatic carbocycles. The van der Waals surface area contributed by atoms with Crippen LogP contribution in [0.5, 0.6) is 0 Å². The minimum atomic E-state index is -0.757. The van der Waals surface area contributed by atoms with Gasteiger partial charge in [-0.25, -0.2) is 9.59 Å². The molecule has 7 nitrogen and oxygen atoms in total. The zero-order valence-corrected chi connectivity index (χ0v) is 15.8. The highest BCUT2D eigenvalue weighted by molar-refractivity contribution is 5.70. The van der Waals surface area contributed by atoms with E-state index in [1.54, 1.807) is 27.7 Å². The van der Waals surface area contributed by atoms with E-state index in [2.05, 4.69) is 5.32 Å². The number of aliphatic hydroxyl groups is 1. The summed E-state index contributed by atoms with van der Waals surface area (Å²) in [5.41, 5.74) is 0.272. The molecular weight excluding hydrogens is 336 g/mol. The van der Waals surface area contributed by atoms with Gasteiger partial charge in [0, 0.05) is 6.54 Å². The van der Waals surface area contributed by atoms with Crippen LogP contribution in [-0.2, 0) is 16.1 Å². The molecular formula is C19H28N2O5. The Bertz CT molecular complexity index is 614. The normalized spacial score (nSPS) is 23.3. The van der Waals surface area contributed by atoms with Gasteiger partial charge in [-0.15, -0.1) is 0 Å². The van der Waals surface area contributed by atoms with Crippen molar-refractivity contribution < 1.29 is 24.2 Å². The lowest BCUT2D eigenvalue weighted by Crippen LogP contribution is -2.58. The Morgan fingerprint density at radius 1 is 1.27 bits per heavy atom. The summed E-state index contributed by atoms with van der Waals surface area (Å²) >= 11 is 0. The monoisotopic (exact) mass is 364 g/mol. The highest BCUT2D eigenvalue weighted by Crippen LogP contribution is 2.20. The number of hydrogen-bond donors (Lipinski definition) is 2. The zero-order valence-electron chi connectivity index (χ0n) is 15.8. The van der Waals surface area contributed by atoms with Crippen LogP contribution < -0.4 is 5.32 Å². The van der Waals surface area contributed by atoms with Gasteiger partial charge < -0.3 is 24.8 Å². The van der Waals surface area contributed by atoms with Gasteiger partial charge >= 0.3 is 12.2 Å². The van der Waals surface area contributed by atoms with Crippen molar-refractivity contribution in [3.05, 3.63) is 35.9 Å². The van der Waals surface area contributed by atoms with Crippen LogP contribution in [0.1, 0.15) is 39.7 Å². The van der Waals surface area contributed by atoms with Gasteiger partial charge in [-0.3, -0.25) is 0 Å². The van der Waals surface area contributed by atoms with Gasteiger partial charge in [0.25, 0.3) is 0 Å². The Morgan fingerprint density at radius 3 is 2.54 bits per heavy atom. The van der Waals surface area contributed by atoms with Gasteiger partial charge in [0.2, 0.25) is 0 Å². The second kappa shape index (κ2) is 8.40. The van der Waals surface area contributed by atoms with E-state index in [9.17, 15) is 14.7 Å². The molecule has 2 amide bonds. The third-order valence-electron chi connectivity index (χ3n) is 4.15. The van der Waals surface area contributed by atoms with Crippen molar-refractivity contribution >= 4 is 12.2 Å². The molecule has 1 aromatic rings. The summed E-state index contributed by atoms with van der Waals surface area (Å²) in [6.45, 7) is 7.50. The largest absolute Gasteiger partial charge is 0.445 e. The number of nitrogens with one attached hydrogen (secondary N) is 1. The SMILES string of the molecule is C[C@@H]1C(O)CC(NC(=O)OC(C)(C)C)CN1C(=O)OCc1ccccc1. The summed E-state index contributed by atoms with van der Waals surface area (Å²) in [7, 11) is 0. The van der Waals surface area contributed by atoms with Gasteiger partial charge in [-0.2, -0.15) is 0 Å². The first-order chi connectivity index (χ1) is 12.2. The maximum atomic E-state index is 12.4. The maximum Gasteiger partial charge on any atom is 0.410 e. The molecule has 0 saturated carbocycles. The van der Waals surface area contributed by atoms with Gasteiger partial charge in [-0.05, 0) is 39.7 Å². The summed E-state index contributed by atoms with van der Waals surface area (Å²) in [6.07, 6.45) is -1.49. The van der Waals surface area contributed by atoms with Crippen molar-refractivity contribution in [1.29, 1.82) is 0 Å². The van der Waals surface area contributed by atoms with Crippen molar-refractivity contribution in [1.82, 2.24) is 10.2 Å². The molecule has 1 aliphatic heterocycles. The van der Waals surface area contributed by atoms with E-state index in [1.807, 2.05) is 30.3 Å². The van der Waals surface area contributed by atoms with Crippen LogP contribution in [0.25, 0.3) is 0 Å². The zero-order chi connectivity index (χ0) is 19.3. The number of amides is 2. The van der Waals surface area contributed by atoms with Crippen LogP contribution in [-0.4, -0.2) is 52.5 Å². The van der Waals surface area contributed by atoms with Crippen LogP contribution in [0, 0.1) is 0 Å². The molecule has 26 heavy (non-hydrogen) atoms. The third kappa shape index (κ3) is 5.91. The van der Waals surface area contributed by atoms with E-state index in [0.29, 0.717) is 6.42 Å². The van der Waals surface area contributed by atoms with Crippen LogP contribution >= 0.6 is 0 Å². The highest BCUT2D eigenvalue weighted by atomic mass is 16.6. The van der Waals surface area contributed by atoms with Gasteiger partial charge in [0.05, 0.1) is 18.2 Å². The molecule has 0 radical (unpaired) electrons. The lowest BCUT2D eigenvalue weighted by molar-refractivity contribution is -0.00540. The molecule has 2 unspecified atom stereocenters. The summed E-state index contributed by atoms with van der Waals surface area (Å²) in [4.78, 5) is 25.8. The average Bonchev–Trinajstić information content (AvgIpc) is 2.55. The first kappa shape index (κ1) is 20.0. The smallest absolute Gasteiger partial charge is 0.410 e. The molecule has 1 heterocycles.